The minimum atomic E-state index is -1.12. The number of carbonyl (C=O) groups excluding carboxylic acids is 3. The van der Waals surface area contributed by atoms with Crippen LogP contribution in [0.3, 0.4) is 0 Å². The number of hydrogen-bond acceptors (Lipinski definition) is 7. The predicted molar refractivity (Wildman–Crippen MR) is 96.6 cm³/mol. The monoisotopic (exact) mass is 395 g/mol. The largest absolute Gasteiger partial charge is 0.481 e. The van der Waals surface area contributed by atoms with Crippen molar-refractivity contribution in [3.05, 3.63) is 23.9 Å². The van der Waals surface area contributed by atoms with Gasteiger partial charge in [-0.3, -0.25) is 14.4 Å². The molecule has 154 valence electrons. The van der Waals surface area contributed by atoms with Gasteiger partial charge in [0.15, 0.2) is 0 Å². The van der Waals surface area contributed by atoms with Crippen LogP contribution in [-0.4, -0.2) is 70.4 Å². The fourth-order valence-corrected chi connectivity index (χ4v) is 3.07. The van der Waals surface area contributed by atoms with E-state index in [2.05, 4.69) is 11.9 Å². The van der Waals surface area contributed by atoms with Crippen molar-refractivity contribution in [3.63, 3.8) is 0 Å². The van der Waals surface area contributed by atoms with E-state index in [4.69, 9.17) is 9.47 Å². The van der Waals surface area contributed by atoms with Gasteiger partial charge in [-0.2, -0.15) is 0 Å². The number of nitrogens with one attached hydrogen (secondary N) is 1. The highest BCUT2D eigenvalue weighted by Gasteiger charge is 2.47. The zero-order valence-electron chi connectivity index (χ0n) is 16.4. The third-order valence-corrected chi connectivity index (χ3v) is 4.14. The molecule has 0 aromatic heterocycles. The molecular formula is C18H25N3O7. The maximum atomic E-state index is 12.8. The van der Waals surface area contributed by atoms with Gasteiger partial charge >= 0.3 is 18.0 Å². The first-order valence-electron chi connectivity index (χ1n) is 8.73. The number of hydrazine groups is 1. The number of alkyl carbamates (subject to hydrolysis) is 1. The topological polar surface area (TPSA) is 125 Å². The maximum absolute atomic E-state index is 12.8. The highest BCUT2D eigenvalue weighted by Crippen LogP contribution is 2.33. The Balaban J connectivity index is 2.24. The smallest absolute Gasteiger partial charge is 0.408 e. The zero-order valence-corrected chi connectivity index (χ0v) is 16.4. The average Bonchev–Trinajstić information content (AvgIpc) is 3.01. The molecule has 0 aliphatic carbocycles. The lowest BCUT2D eigenvalue weighted by molar-refractivity contribution is -0.143. The first-order valence-corrected chi connectivity index (χ1v) is 8.73. The summed E-state index contributed by atoms with van der Waals surface area (Å²) in [4.78, 5) is 47.6. The van der Waals surface area contributed by atoms with Crippen LogP contribution in [0.15, 0.2) is 23.9 Å². The van der Waals surface area contributed by atoms with Gasteiger partial charge in [0.25, 0.3) is 5.91 Å². The molecular weight excluding hydrogens is 370 g/mol. The summed E-state index contributed by atoms with van der Waals surface area (Å²) in [5, 5.41) is 14.8. The van der Waals surface area contributed by atoms with E-state index in [1.807, 2.05) is 0 Å². The van der Waals surface area contributed by atoms with Crippen molar-refractivity contribution in [1.29, 1.82) is 0 Å². The Kier molecular flexibility index (Phi) is 6.13. The number of fused-ring (bicyclic) bond motifs is 1. The number of aliphatic carboxylic acids is 1. The molecule has 2 heterocycles. The number of rotatable bonds is 6. The predicted octanol–water partition coefficient (Wildman–Crippen LogP) is 0.657. The number of ether oxygens (including phenoxy) is 2. The molecule has 2 N–H and O–H groups in total. The van der Waals surface area contributed by atoms with Crippen molar-refractivity contribution in [2.75, 3.05) is 19.7 Å². The second-order valence-corrected chi connectivity index (χ2v) is 7.50. The Morgan fingerprint density at radius 1 is 1.39 bits per heavy atom. The lowest BCUT2D eigenvalue weighted by Gasteiger charge is -2.22. The van der Waals surface area contributed by atoms with E-state index in [-0.39, 0.29) is 25.4 Å². The first kappa shape index (κ1) is 21.4. The van der Waals surface area contributed by atoms with Crippen LogP contribution in [-0.2, 0) is 23.9 Å². The summed E-state index contributed by atoms with van der Waals surface area (Å²) in [6.07, 6.45) is 0.531. The number of hydrogen-bond donors (Lipinski definition) is 2. The number of carboxylic acids is 1. The first-order chi connectivity index (χ1) is 12.9. The van der Waals surface area contributed by atoms with Gasteiger partial charge < -0.3 is 19.9 Å². The van der Waals surface area contributed by atoms with E-state index < -0.39 is 41.5 Å². The van der Waals surface area contributed by atoms with Gasteiger partial charge in [0, 0.05) is 20.0 Å². The number of amides is 2. The van der Waals surface area contributed by atoms with Gasteiger partial charge in [-0.05, 0) is 26.3 Å². The molecule has 2 amide bonds. The summed E-state index contributed by atoms with van der Waals surface area (Å²) in [5.74, 6) is -3.17. The van der Waals surface area contributed by atoms with Gasteiger partial charge in [0.1, 0.15) is 18.2 Å². The molecule has 1 fully saturated rings. The molecule has 10 nitrogen and oxygen atoms in total. The summed E-state index contributed by atoms with van der Waals surface area (Å²) < 4.78 is 10.2. The Labute approximate surface area is 162 Å². The van der Waals surface area contributed by atoms with Crippen molar-refractivity contribution in [1.82, 2.24) is 15.3 Å². The average molecular weight is 395 g/mol. The normalized spacial score (nSPS) is 20.6. The van der Waals surface area contributed by atoms with Crippen LogP contribution >= 0.6 is 0 Å². The van der Waals surface area contributed by atoms with Crippen molar-refractivity contribution in [2.45, 2.75) is 39.3 Å². The molecule has 0 radical (unpaired) electrons. The SMILES string of the molecule is C=CC(C(=O)O)C1=C(COC(C)=O)N2C(=O)[C@@H](NC(=O)OC(C)(C)C)CN2C1. The summed E-state index contributed by atoms with van der Waals surface area (Å²) >= 11 is 0. The third-order valence-electron chi connectivity index (χ3n) is 4.14. The molecule has 0 saturated carbocycles. The number of nitrogens with zero attached hydrogens (tertiary/aromatic N) is 2. The second kappa shape index (κ2) is 8.01. The molecule has 2 aliphatic rings. The highest BCUT2D eigenvalue weighted by atomic mass is 16.6. The summed E-state index contributed by atoms with van der Waals surface area (Å²) in [6, 6.07) is -0.865. The molecule has 2 rings (SSSR count). The van der Waals surface area contributed by atoms with E-state index in [1.54, 1.807) is 25.8 Å². The minimum Gasteiger partial charge on any atom is -0.481 e. The highest BCUT2D eigenvalue weighted by molar-refractivity contribution is 5.89. The molecule has 0 aromatic carbocycles. The van der Waals surface area contributed by atoms with E-state index in [1.165, 1.54) is 18.0 Å². The van der Waals surface area contributed by atoms with Crippen LogP contribution in [0.5, 0.6) is 0 Å². The molecule has 1 unspecified atom stereocenters. The van der Waals surface area contributed by atoms with Crippen molar-refractivity contribution >= 4 is 23.9 Å². The summed E-state index contributed by atoms with van der Waals surface area (Å²) in [7, 11) is 0. The Morgan fingerprint density at radius 3 is 2.54 bits per heavy atom. The fourth-order valence-electron chi connectivity index (χ4n) is 3.07. The summed E-state index contributed by atoms with van der Waals surface area (Å²) in [6.45, 7) is 9.89. The number of carbonyl (C=O) groups is 4. The van der Waals surface area contributed by atoms with Crippen LogP contribution in [0.2, 0.25) is 0 Å². The molecule has 2 aliphatic heterocycles. The maximum Gasteiger partial charge on any atom is 0.408 e. The molecule has 28 heavy (non-hydrogen) atoms. The van der Waals surface area contributed by atoms with Crippen LogP contribution in [0.1, 0.15) is 27.7 Å². The van der Waals surface area contributed by atoms with E-state index in [0.717, 1.165) is 0 Å². The summed E-state index contributed by atoms with van der Waals surface area (Å²) in [5.41, 5.74) is -0.0391. The molecule has 0 bridgehead atoms. The van der Waals surface area contributed by atoms with Gasteiger partial charge in [-0.25, -0.2) is 14.8 Å². The molecule has 0 aromatic rings. The van der Waals surface area contributed by atoms with E-state index in [9.17, 15) is 24.3 Å². The Hall–Kier alpha value is -2.88. The van der Waals surface area contributed by atoms with Crippen LogP contribution in [0.25, 0.3) is 0 Å². The lowest BCUT2D eigenvalue weighted by Crippen LogP contribution is -2.45. The van der Waals surface area contributed by atoms with E-state index >= 15 is 0 Å². The molecule has 2 atom stereocenters. The quantitative estimate of drug-likeness (QED) is 0.496. The van der Waals surface area contributed by atoms with Crippen LogP contribution in [0.4, 0.5) is 4.79 Å². The molecule has 1 saturated heterocycles. The Bertz CT molecular complexity index is 738. The van der Waals surface area contributed by atoms with Crippen molar-refractivity contribution in [3.8, 4) is 0 Å². The number of esters is 1. The zero-order chi connectivity index (χ0) is 21.2. The van der Waals surface area contributed by atoms with Gasteiger partial charge in [0.05, 0.1) is 11.6 Å². The Morgan fingerprint density at radius 2 is 2.04 bits per heavy atom. The second-order valence-electron chi connectivity index (χ2n) is 7.50. The van der Waals surface area contributed by atoms with Crippen LogP contribution in [0, 0.1) is 5.92 Å². The minimum absolute atomic E-state index is 0.134. The van der Waals surface area contributed by atoms with Crippen molar-refractivity contribution in [2.24, 2.45) is 5.92 Å². The molecule has 10 heteroatoms. The van der Waals surface area contributed by atoms with Gasteiger partial charge in [0.2, 0.25) is 0 Å². The standard InChI is InChI=1S/C18H25N3O7/c1-6-11(16(24)25)12-7-20-8-13(19-17(26)28-18(3,4)5)15(23)21(20)14(12)9-27-10(2)22/h6,11,13H,1,7-9H2,2-5H3,(H,19,26)(H,24,25)/t11?,13-/m0/s1. The van der Waals surface area contributed by atoms with Crippen LogP contribution < -0.4 is 5.32 Å². The van der Waals surface area contributed by atoms with Gasteiger partial charge in [-0.1, -0.05) is 6.08 Å². The fraction of sp³-hybridized carbons (Fsp3) is 0.556. The number of carboxylic acid groups (broad SMARTS) is 1. The lowest BCUT2D eigenvalue weighted by atomic mass is 9.97. The van der Waals surface area contributed by atoms with Crippen molar-refractivity contribution < 1.29 is 33.8 Å². The van der Waals surface area contributed by atoms with Gasteiger partial charge in [-0.15, -0.1) is 6.58 Å². The molecule has 0 spiro atoms. The van der Waals surface area contributed by atoms with E-state index in [0.29, 0.717) is 5.57 Å². The third kappa shape index (κ3) is 4.69.